The van der Waals surface area contributed by atoms with E-state index >= 15 is 0 Å². The summed E-state index contributed by atoms with van der Waals surface area (Å²) < 4.78 is 1.57. The number of amides is 1. The second kappa shape index (κ2) is 7.26. The number of benzene rings is 1. The first-order valence-electron chi connectivity index (χ1n) is 6.70. The van der Waals surface area contributed by atoms with E-state index in [0.29, 0.717) is 16.4 Å². The molecule has 3 aromatic rings. The van der Waals surface area contributed by atoms with Gasteiger partial charge in [0.1, 0.15) is 12.7 Å². The number of halogens is 1. The Hall–Kier alpha value is -2.38. The first kappa shape index (κ1) is 15.5. The molecular formula is C15H12ClN5OS. The van der Waals surface area contributed by atoms with Crippen LogP contribution in [-0.2, 0) is 4.79 Å². The van der Waals surface area contributed by atoms with Crippen LogP contribution >= 0.6 is 23.4 Å². The molecule has 0 radical (unpaired) electrons. The fourth-order valence-electron chi connectivity index (χ4n) is 1.90. The Bertz CT molecular complexity index is 795. The summed E-state index contributed by atoms with van der Waals surface area (Å²) in [6, 6.07) is 10.8. The number of hydrogen-bond acceptors (Lipinski definition) is 5. The molecule has 0 aliphatic carbocycles. The number of aromatic nitrogens is 4. The van der Waals surface area contributed by atoms with Crippen LogP contribution in [0.2, 0.25) is 5.02 Å². The summed E-state index contributed by atoms with van der Waals surface area (Å²) in [5, 5.41) is 8.25. The topological polar surface area (TPSA) is 72.7 Å². The molecule has 0 saturated heterocycles. The summed E-state index contributed by atoms with van der Waals surface area (Å²) in [6.45, 7) is 0. The van der Waals surface area contributed by atoms with Gasteiger partial charge < -0.3 is 5.32 Å². The number of nitrogens with one attached hydrogen (secondary N) is 1. The van der Waals surface area contributed by atoms with Gasteiger partial charge in [-0.25, -0.2) is 14.6 Å². The van der Waals surface area contributed by atoms with Crippen LogP contribution in [0.1, 0.15) is 0 Å². The van der Waals surface area contributed by atoms with Crippen LogP contribution in [0.4, 0.5) is 5.69 Å². The monoisotopic (exact) mass is 345 g/mol. The molecule has 6 nitrogen and oxygen atoms in total. The fraction of sp³-hybridized carbons (Fsp3) is 0.0667. The van der Waals surface area contributed by atoms with Crippen molar-refractivity contribution >= 4 is 35.0 Å². The summed E-state index contributed by atoms with van der Waals surface area (Å²) in [4.78, 5) is 20.3. The molecule has 0 saturated carbocycles. The van der Waals surface area contributed by atoms with Crippen molar-refractivity contribution in [2.24, 2.45) is 0 Å². The average molecular weight is 346 g/mol. The summed E-state index contributed by atoms with van der Waals surface area (Å²) in [5.41, 5.74) is 1.28. The molecule has 2 heterocycles. The van der Waals surface area contributed by atoms with Gasteiger partial charge in [0, 0.05) is 11.2 Å². The van der Waals surface area contributed by atoms with Crippen LogP contribution in [0.25, 0.3) is 5.69 Å². The third-order valence-electron chi connectivity index (χ3n) is 2.89. The maximum Gasteiger partial charge on any atom is 0.234 e. The number of rotatable bonds is 5. The van der Waals surface area contributed by atoms with Gasteiger partial charge in [-0.2, -0.15) is 5.10 Å². The molecular weight excluding hydrogens is 334 g/mol. The fourth-order valence-corrected chi connectivity index (χ4v) is 2.73. The number of thioether (sulfide) groups is 1. The lowest BCUT2D eigenvalue weighted by molar-refractivity contribution is -0.113. The van der Waals surface area contributed by atoms with E-state index in [4.69, 9.17) is 11.6 Å². The number of carbonyl (C=O) groups is 1. The molecule has 0 aliphatic rings. The van der Waals surface area contributed by atoms with Gasteiger partial charge in [0.05, 0.1) is 22.2 Å². The van der Waals surface area contributed by atoms with E-state index in [0.717, 1.165) is 5.03 Å². The summed E-state index contributed by atoms with van der Waals surface area (Å²) >= 11 is 7.39. The third kappa shape index (κ3) is 4.08. The molecule has 0 atom stereocenters. The lowest BCUT2D eigenvalue weighted by Crippen LogP contribution is -2.16. The van der Waals surface area contributed by atoms with E-state index in [1.807, 2.05) is 18.2 Å². The quantitative estimate of drug-likeness (QED) is 0.719. The second-order valence-electron chi connectivity index (χ2n) is 4.51. The van der Waals surface area contributed by atoms with Crippen molar-refractivity contribution in [3.8, 4) is 5.69 Å². The molecule has 0 fully saturated rings. The van der Waals surface area contributed by atoms with Crippen molar-refractivity contribution in [2.75, 3.05) is 11.1 Å². The van der Waals surface area contributed by atoms with Gasteiger partial charge in [-0.15, -0.1) is 0 Å². The zero-order valence-electron chi connectivity index (χ0n) is 11.9. The summed E-state index contributed by atoms with van der Waals surface area (Å²) in [5.74, 6) is 0.102. The van der Waals surface area contributed by atoms with Gasteiger partial charge >= 0.3 is 0 Å². The number of anilines is 1. The zero-order chi connectivity index (χ0) is 16.1. The highest BCUT2D eigenvalue weighted by Crippen LogP contribution is 2.24. The Labute approximate surface area is 141 Å². The molecule has 1 aromatic carbocycles. The van der Waals surface area contributed by atoms with Crippen LogP contribution in [-0.4, -0.2) is 31.4 Å². The highest BCUT2D eigenvalue weighted by molar-refractivity contribution is 7.99. The van der Waals surface area contributed by atoms with Gasteiger partial charge in [-0.3, -0.25) is 4.79 Å². The molecule has 8 heteroatoms. The van der Waals surface area contributed by atoms with Crippen molar-refractivity contribution in [2.45, 2.75) is 5.03 Å². The van der Waals surface area contributed by atoms with E-state index in [2.05, 4.69) is 20.4 Å². The zero-order valence-corrected chi connectivity index (χ0v) is 13.5. The largest absolute Gasteiger partial charge is 0.323 e. The van der Waals surface area contributed by atoms with E-state index in [9.17, 15) is 4.79 Å². The molecule has 0 spiro atoms. The lowest BCUT2D eigenvalue weighted by atomic mass is 10.2. The Morgan fingerprint density at radius 3 is 2.96 bits per heavy atom. The first-order chi connectivity index (χ1) is 11.2. The number of pyridine rings is 1. The predicted octanol–water partition coefficient (Wildman–Crippen LogP) is 3.05. The SMILES string of the molecule is O=C(CSc1ccccn1)Nc1cc(Cl)ccc1-n1cncn1. The standard InChI is InChI=1S/C15H12ClN5OS/c16-11-4-5-13(21-10-17-9-19-21)12(7-11)20-14(22)8-23-15-3-1-2-6-18-15/h1-7,9-10H,8H2,(H,20,22). The average Bonchev–Trinajstić information content (AvgIpc) is 3.08. The van der Waals surface area contributed by atoms with Crippen molar-refractivity contribution in [3.05, 3.63) is 60.3 Å². The van der Waals surface area contributed by atoms with Crippen LogP contribution in [0, 0.1) is 0 Å². The third-order valence-corrected chi connectivity index (χ3v) is 4.07. The highest BCUT2D eigenvalue weighted by atomic mass is 35.5. The minimum absolute atomic E-state index is 0.149. The van der Waals surface area contributed by atoms with Crippen LogP contribution in [0.3, 0.4) is 0 Å². The van der Waals surface area contributed by atoms with Crippen molar-refractivity contribution in [1.82, 2.24) is 19.7 Å². The van der Waals surface area contributed by atoms with Crippen LogP contribution in [0.5, 0.6) is 0 Å². The minimum Gasteiger partial charge on any atom is -0.323 e. The maximum absolute atomic E-state index is 12.2. The summed E-state index contributed by atoms with van der Waals surface area (Å²) in [6.07, 6.45) is 4.68. The van der Waals surface area contributed by atoms with Gasteiger partial charge in [0.2, 0.25) is 5.91 Å². The van der Waals surface area contributed by atoms with Crippen LogP contribution in [0.15, 0.2) is 60.3 Å². The van der Waals surface area contributed by atoms with Gasteiger partial charge in [-0.1, -0.05) is 29.4 Å². The van der Waals surface area contributed by atoms with Crippen LogP contribution < -0.4 is 5.32 Å². The molecule has 0 aliphatic heterocycles. The van der Waals surface area contributed by atoms with Crippen molar-refractivity contribution in [1.29, 1.82) is 0 Å². The molecule has 1 amide bonds. The van der Waals surface area contributed by atoms with E-state index in [1.165, 1.54) is 18.1 Å². The number of hydrogen-bond donors (Lipinski definition) is 1. The molecule has 116 valence electrons. The second-order valence-corrected chi connectivity index (χ2v) is 5.94. The van der Waals surface area contributed by atoms with Gasteiger partial charge in [-0.05, 0) is 30.3 Å². The molecule has 2 aromatic heterocycles. The smallest absolute Gasteiger partial charge is 0.234 e. The predicted molar refractivity (Wildman–Crippen MR) is 90.0 cm³/mol. The Morgan fingerprint density at radius 2 is 2.22 bits per heavy atom. The Kier molecular flexibility index (Phi) is 4.89. The molecule has 0 unspecified atom stereocenters. The lowest BCUT2D eigenvalue weighted by Gasteiger charge is -2.11. The van der Waals surface area contributed by atoms with Crippen molar-refractivity contribution < 1.29 is 4.79 Å². The molecule has 23 heavy (non-hydrogen) atoms. The maximum atomic E-state index is 12.2. The van der Waals surface area contributed by atoms with E-state index < -0.39 is 0 Å². The molecule has 0 bridgehead atoms. The summed E-state index contributed by atoms with van der Waals surface area (Å²) in [7, 11) is 0. The molecule has 3 rings (SSSR count). The first-order valence-corrected chi connectivity index (χ1v) is 8.07. The Morgan fingerprint density at radius 1 is 1.30 bits per heavy atom. The van der Waals surface area contributed by atoms with E-state index in [-0.39, 0.29) is 11.7 Å². The molecule has 1 N–H and O–H groups in total. The highest BCUT2D eigenvalue weighted by Gasteiger charge is 2.10. The normalized spacial score (nSPS) is 10.5. The van der Waals surface area contributed by atoms with Crippen molar-refractivity contribution in [3.63, 3.8) is 0 Å². The minimum atomic E-state index is -0.149. The van der Waals surface area contributed by atoms with E-state index in [1.54, 1.807) is 35.4 Å². The van der Waals surface area contributed by atoms with Gasteiger partial charge in [0.15, 0.2) is 0 Å². The number of nitrogens with zero attached hydrogens (tertiary/aromatic N) is 4. The van der Waals surface area contributed by atoms with Gasteiger partial charge in [0.25, 0.3) is 0 Å². The Balaban J connectivity index is 1.72. The number of carbonyl (C=O) groups excluding carboxylic acids is 1.